The van der Waals surface area contributed by atoms with Crippen molar-refractivity contribution in [3.05, 3.63) is 34.8 Å². The van der Waals surface area contributed by atoms with Gasteiger partial charge in [-0.05, 0) is 51.2 Å². The van der Waals surface area contributed by atoms with Crippen LogP contribution in [0.3, 0.4) is 0 Å². The van der Waals surface area contributed by atoms with E-state index in [4.69, 9.17) is 4.42 Å². The second kappa shape index (κ2) is 5.54. The fourth-order valence-corrected chi connectivity index (χ4v) is 2.59. The number of allylic oxidation sites excluding steroid dienone is 1. The lowest BCUT2D eigenvalue weighted by Gasteiger charge is -2.17. The third-order valence-corrected chi connectivity index (χ3v) is 3.55. The molecule has 94 valence electrons. The van der Waals surface area contributed by atoms with Gasteiger partial charge in [0.05, 0.1) is 0 Å². The lowest BCUT2D eigenvalue weighted by molar-refractivity contribution is 0.207. The highest BCUT2D eigenvalue weighted by atomic mass is 16.3. The molecule has 1 aliphatic rings. The summed E-state index contributed by atoms with van der Waals surface area (Å²) in [5, 5.41) is 10.4. The molecule has 1 aliphatic carbocycles. The molecule has 0 aromatic carbocycles. The third kappa shape index (κ3) is 3.01. The molecule has 1 heterocycles. The van der Waals surface area contributed by atoms with Gasteiger partial charge in [-0.3, -0.25) is 0 Å². The monoisotopic (exact) mass is 234 g/mol. The van der Waals surface area contributed by atoms with Crippen LogP contribution in [-0.4, -0.2) is 5.11 Å². The largest absolute Gasteiger partial charge is 0.466 e. The molecule has 2 rings (SSSR count). The summed E-state index contributed by atoms with van der Waals surface area (Å²) < 4.78 is 5.50. The highest BCUT2D eigenvalue weighted by molar-refractivity contribution is 5.29. The van der Waals surface area contributed by atoms with Crippen molar-refractivity contribution in [2.75, 3.05) is 0 Å². The van der Waals surface area contributed by atoms with Gasteiger partial charge in [0.2, 0.25) is 0 Å². The number of aliphatic hydroxyl groups is 1. The quantitative estimate of drug-likeness (QED) is 0.778. The van der Waals surface area contributed by atoms with Crippen molar-refractivity contribution in [3.8, 4) is 0 Å². The van der Waals surface area contributed by atoms with E-state index in [1.54, 1.807) is 0 Å². The second-order valence-electron chi connectivity index (χ2n) is 5.00. The average Bonchev–Trinajstić information content (AvgIpc) is 2.56. The van der Waals surface area contributed by atoms with Crippen LogP contribution in [-0.2, 0) is 0 Å². The van der Waals surface area contributed by atoms with E-state index in [1.165, 1.54) is 31.3 Å². The first kappa shape index (κ1) is 12.4. The molecule has 1 unspecified atom stereocenters. The van der Waals surface area contributed by atoms with Crippen LogP contribution in [0, 0.1) is 13.8 Å². The standard InChI is InChI=1S/C15H22O2/c1-11-10-14(12(2)17-11)15(16)13-8-6-4-3-5-7-9-13/h8,10,15-16H,3-7,9H2,1-2H3. The van der Waals surface area contributed by atoms with E-state index in [1.807, 2.05) is 19.9 Å². The van der Waals surface area contributed by atoms with Gasteiger partial charge >= 0.3 is 0 Å². The summed E-state index contributed by atoms with van der Waals surface area (Å²) in [4.78, 5) is 0. The summed E-state index contributed by atoms with van der Waals surface area (Å²) in [6, 6.07) is 1.96. The fourth-order valence-electron chi connectivity index (χ4n) is 2.59. The normalized spacial score (nSPS) is 19.4. The lowest BCUT2D eigenvalue weighted by Crippen LogP contribution is -2.03. The summed E-state index contributed by atoms with van der Waals surface area (Å²) in [7, 11) is 0. The molecule has 0 saturated heterocycles. The van der Waals surface area contributed by atoms with E-state index in [9.17, 15) is 5.11 Å². The van der Waals surface area contributed by atoms with Gasteiger partial charge in [-0.25, -0.2) is 0 Å². The first-order chi connectivity index (χ1) is 8.18. The van der Waals surface area contributed by atoms with E-state index in [0.29, 0.717) is 0 Å². The maximum Gasteiger partial charge on any atom is 0.107 e. The highest BCUT2D eigenvalue weighted by Crippen LogP contribution is 2.31. The number of aryl methyl sites for hydroxylation is 2. The number of furan rings is 1. The Morgan fingerprint density at radius 1 is 1.18 bits per heavy atom. The van der Waals surface area contributed by atoms with Gasteiger partial charge in [0.25, 0.3) is 0 Å². The molecule has 1 N–H and O–H groups in total. The van der Waals surface area contributed by atoms with Crippen molar-refractivity contribution in [1.82, 2.24) is 0 Å². The van der Waals surface area contributed by atoms with Crippen LogP contribution < -0.4 is 0 Å². The van der Waals surface area contributed by atoms with E-state index in [0.717, 1.165) is 29.9 Å². The van der Waals surface area contributed by atoms with Gasteiger partial charge in [-0.15, -0.1) is 0 Å². The third-order valence-electron chi connectivity index (χ3n) is 3.55. The van der Waals surface area contributed by atoms with Gasteiger partial charge in [0, 0.05) is 5.56 Å². The zero-order valence-corrected chi connectivity index (χ0v) is 10.8. The first-order valence-electron chi connectivity index (χ1n) is 6.62. The van der Waals surface area contributed by atoms with E-state index in [-0.39, 0.29) is 0 Å². The Labute approximate surface area is 103 Å². The molecular formula is C15H22O2. The first-order valence-corrected chi connectivity index (χ1v) is 6.62. The summed E-state index contributed by atoms with van der Waals surface area (Å²) in [6.45, 7) is 3.85. The Hall–Kier alpha value is -1.02. The summed E-state index contributed by atoms with van der Waals surface area (Å²) in [5.74, 6) is 1.72. The molecule has 17 heavy (non-hydrogen) atoms. The summed E-state index contributed by atoms with van der Waals surface area (Å²) in [6.07, 6.45) is 8.93. The Balaban J connectivity index is 2.17. The molecule has 0 radical (unpaired) electrons. The van der Waals surface area contributed by atoms with Crippen molar-refractivity contribution in [3.63, 3.8) is 0 Å². The SMILES string of the molecule is Cc1cc(C(O)C2=CCCCCCC2)c(C)o1. The molecule has 0 spiro atoms. The smallest absolute Gasteiger partial charge is 0.107 e. The Kier molecular flexibility index (Phi) is 4.06. The summed E-state index contributed by atoms with van der Waals surface area (Å²) in [5.41, 5.74) is 2.11. The Morgan fingerprint density at radius 2 is 1.94 bits per heavy atom. The van der Waals surface area contributed by atoms with Crippen LogP contribution in [0.25, 0.3) is 0 Å². The highest BCUT2D eigenvalue weighted by Gasteiger charge is 2.18. The molecule has 0 fully saturated rings. The van der Waals surface area contributed by atoms with Gasteiger partial charge in [0.1, 0.15) is 17.6 Å². The van der Waals surface area contributed by atoms with E-state index in [2.05, 4.69) is 6.08 Å². The van der Waals surface area contributed by atoms with Gasteiger partial charge in [0.15, 0.2) is 0 Å². The Bertz CT molecular complexity index is 401. The molecule has 1 aromatic rings. The van der Waals surface area contributed by atoms with Gasteiger partial charge < -0.3 is 9.52 Å². The zero-order chi connectivity index (χ0) is 12.3. The van der Waals surface area contributed by atoms with Crippen LogP contribution in [0.4, 0.5) is 0 Å². The molecule has 0 aliphatic heterocycles. The maximum atomic E-state index is 10.4. The molecule has 0 saturated carbocycles. The Morgan fingerprint density at radius 3 is 2.65 bits per heavy atom. The van der Waals surface area contributed by atoms with Crippen LogP contribution in [0.1, 0.15) is 61.7 Å². The number of hydrogen-bond acceptors (Lipinski definition) is 2. The molecule has 0 amide bonds. The molecule has 0 bridgehead atoms. The van der Waals surface area contributed by atoms with Crippen molar-refractivity contribution in [1.29, 1.82) is 0 Å². The van der Waals surface area contributed by atoms with Crippen molar-refractivity contribution < 1.29 is 9.52 Å². The minimum Gasteiger partial charge on any atom is -0.466 e. The predicted molar refractivity (Wildman–Crippen MR) is 68.9 cm³/mol. The van der Waals surface area contributed by atoms with Crippen LogP contribution >= 0.6 is 0 Å². The zero-order valence-electron chi connectivity index (χ0n) is 10.8. The van der Waals surface area contributed by atoms with Crippen molar-refractivity contribution in [2.45, 2.75) is 58.5 Å². The second-order valence-corrected chi connectivity index (χ2v) is 5.00. The van der Waals surface area contributed by atoms with Gasteiger partial charge in [-0.1, -0.05) is 18.9 Å². The summed E-state index contributed by atoms with van der Waals surface area (Å²) >= 11 is 0. The molecule has 2 heteroatoms. The average molecular weight is 234 g/mol. The maximum absolute atomic E-state index is 10.4. The van der Waals surface area contributed by atoms with Gasteiger partial charge in [-0.2, -0.15) is 0 Å². The predicted octanol–water partition coefficient (Wildman–Crippen LogP) is 4.21. The minimum absolute atomic E-state index is 0.467. The topological polar surface area (TPSA) is 33.4 Å². The van der Waals surface area contributed by atoms with Crippen LogP contribution in [0.15, 0.2) is 22.1 Å². The number of rotatable bonds is 2. The van der Waals surface area contributed by atoms with Crippen LogP contribution in [0.5, 0.6) is 0 Å². The van der Waals surface area contributed by atoms with E-state index < -0.39 is 6.10 Å². The van der Waals surface area contributed by atoms with Crippen LogP contribution in [0.2, 0.25) is 0 Å². The number of aliphatic hydroxyl groups excluding tert-OH is 1. The molecular weight excluding hydrogens is 212 g/mol. The van der Waals surface area contributed by atoms with Crippen molar-refractivity contribution in [2.24, 2.45) is 0 Å². The van der Waals surface area contributed by atoms with E-state index >= 15 is 0 Å². The minimum atomic E-state index is -0.467. The molecule has 1 atom stereocenters. The number of hydrogen-bond donors (Lipinski definition) is 1. The molecule has 2 nitrogen and oxygen atoms in total. The fraction of sp³-hybridized carbons (Fsp3) is 0.600. The lowest BCUT2D eigenvalue weighted by atomic mass is 9.93. The van der Waals surface area contributed by atoms with Crippen molar-refractivity contribution >= 4 is 0 Å². The molecule has 1 aromatic heterocycles.